The second-order valence-corrected chi connectivity index (χ2v) is 5.14. The van der Waals surface area contributed by atoms with E-state index in [4.69, 9.17) is 5.84 Å². The normalized spacial score (nSPS) is 12.4. The van der Waals surface area contributed by atoms with Crippen LogP contribution in [0.2, 0.25) is 0 Å². The molecule has 0 atom stereocenters. The first-order valence-corrected chi connectivity index (χ1v) is 5.98. The zero-order valence-electron chi connectivity index (χ0n) is 11.2. The van der Waals surface area contributed by atoms with Crippen LogP contribution in [0.25, 0.3) is 0 Å². The van der Waals surface area contributed by atoms with Crippen molar-refractivity contribution in [1.29, 1.82) is 0 Å². The molecule has 1 aromatic heterocycles. The standard InChI is InChI=1S/C12H19F3N4/c1-4-11(2,3)7-17-9-5-8(12(13,14)15)6-10(18-9)19-16/h5-6H,4,7,16H2,1-3H3,(H2,17,18,19). The van der Waals surface area contributed by atoms with Crippen LogP contribution in [0.1, 0.15) is 32.8 Å². The number of alkyl halides is 3. The largest absolute Gasteiger partial charge is 0.416 e. The van der Waals surface area contributed by atoms with E-state index in [9.17, 15) is 13.2 Å². The fourth-order valence-corrected chi connectivity index (χ4v) is 1.31. The number of nitrogen functional groups attached to an aromatic ring is 1. The summed E-state index contributed by atoms with van der Waals surface area (Å²) >= 11 is 0. The van der Waals surface area contributed by atoms with Crippen LogP contribution in [-0.4, -0.2) is 11.5 Å². The molecular formula is C12H19F3N4. The van der Waals surface area contributed by atoms with E-state index in [0.29, 0.717) is 6.54 Å². The molecule has 0 radical (unpaired) electrons. The zero-order chi connectivity index (χ0) is 14.7. The van der Waals surface area contributed by atoms with Gasteiger partial charge in [-0.1, -0.05) is 20.8 Å². The van der Waals surface area contributed by atoms with Crippen molar-refractivity contribution in [2.24, 2.45) is 11.3 Å². The predicted octanol–water partition coefficient (Wildman–Crippen LogP) is 3.23. The van der Waals surface area contributed by atoms with Crippen LogP contribution in [0.4, 0.5) is 24.8 Å². The van der Waals surface area contributed by atoms with Crippen LogP contribution in [0.3, 0.4) is 0 Å². The fraction of sp³-hybridized carbons (Fsp3) is 0.583. The Morgan fingerprint density at radius 1 is 1.21 bits per heavy atom. The van der Waals surface area contributed by atoms with Gasteiger partial charge in [-0.3, -0.25) is 0 Å². The summed E-state index contributed by atoms with van der Waals surface area (Å²) in [6, 6.07) is 1.85. The number of pyridine rings is 1. The molecule has 0 saturated heterocycles. The third-order valence-corrected chi connectivity index (χ3v) is 3.01. The number of anilines is 2. The lowest BCUT2D eigenvalue weighted by Crippen LogP contribution is -2.23. The smallest absolute Gasteiger partial charge is 0.369 e. The summed E-state index contributed by atoms with van der Waals surface area (Å²) in [5, 5.41) is 2.92. The van der Waals surface area contributed by atoms with Gasteiger partial charge in [0.15, 0.2) is 0 Å². The Labute approximate surface area is 110 Å². The van der Waals surface area contributed by atoms with Gasteiger partial charge in [0, 0.05) is 6.54 Å². The lowest BCUT2D eigenvalue weighted by Gasteiger charge is -2.23. The highest BCUT2D eigenvalue weighted by Crippen LogP contribution is 2.32. The molecule has 0 bridgehead atoms. The minimum absolute atomic E-state index is 0.0216. The molecule has 0 aliphatic rings. The van der Waals surface area contributed by atoms with Crippen molar-refractivity contribution in [3.8, 4) is 0 Å². The monoisotopic (exact) mass is 276 g/mol. The summed E-state index contributed by atoms with van der Waals surface area (Å²) in [5.74, 6) is 5.27. The third kappa shape index (κ3) is 4.59. The summed E-state index contributed by atoms with van der Waals surface area (Å²) in [6.45, 7) is 6.60. The van der Waals surface area contributed by atoms with Crippen molar-refractivity contribution < 1.29 is 13.2 Å². The third-order valence-electron chi connectivity index (χ3n) is 3.01. The molecule has 0 aromatic carbocycles. The number of hydrazine groups is 1. The van der Waals surface area contributed by atoms with E-state index in [1.807, 2.05) is 20.8 Å². The van der Waals surface area contributed by atoms with Gasteiger partial charge in [0.25, 0.3) is 0 Å². The molecule has 0 unspecified atom stereocenters. The van der Waals surface area contributed by atoms with Gasteiger partial charge in [0.05, 0.1) is 5.56 Å². The summed E-state index contributed by atoms with van der Waals surface area (Å²) in [5.41, 5.74) is 1.33. The van der Waals surface area contributed by atoms with Crippen LogP contribution in [0, 0.1) is 5.41 Å². The molecule has 0 saturated carbocycles. The van der Waals surface area contributed by atoms with E-state index < -0.39 is 11.7 Å². The van der Waals surface area contributed by atoms with Crippen molar-refractivity contribution in [3.63, 3.8) is 0 Å². The average Bonchev–Trinajstić information content (AvgIpc) is 2.35. The van der Waals surface area contributed by atoms with E-state index in [2.05, 4.69) is 15.7 Å². The number of rotatable bonds is 5. The maximum atomic E-state index is 12.7. The van der Waals surface area contributed by atoms with Crippen LogP contribution >= 0.6 is 0 Å². The molecule has 0 spiro atoms. The zero-order valence-corrected chi connectivity index (χ0v) is 11.2. The van der Waals surface area contributed by atoms with Crippen molar-refractivity contribution in [2.45, 2.75) is 33.4 Å². The number of nitrogens with two attached hydrogens (primary N) is 1. The maximum absolute atomic E-state index is 12.7. The molecule has 7 heteroatoms. The molecule has 1 aromatic rings. The Morgan fingerprint density at radius 3 is 2.26 bits per heavy atom. The molecule has 0 amide bonds. The number of hydrogen-bond donors (Lipinski definition) is 3. The van der Waals surface area contributed by atoms with E-state index in [1.54, 1.807) is 0 Å². The molecule has 1 heterocycles. The van der Waals surface area contributed by atoms with Crippen LogP contribution in [-0.2, 0) is 6.18 Å². The van der Waals surface area contributed by atoms with Gasteiger partial charge in [0.2, 0.25) is 0 Å². The van der Waals surface area contributed by atoms with Gasteiger partial charge < -0.3 is 10.7 Å². The Hall–Kier alpha value is -1.50. The molecule has 0 aliphatic carbocycles. The Bertz CT molecular complexity index is 429. The molecule has 4 nitrogen and oxygen atoms in total. The van der Waals surface area contributed by atoms with E-state index in [-0.39, 0.29) is 17.1 Å². The second-order valence-electron chi connectivity index (χ2n) is 5.14. The van der Waals surface area contributed by atoms with Gasteiger partial charge in [-0.15, -0.1) is 0 Å². The lowest BCUT2D eigenvalue weighted by molar-refractivity contribution is -0.137. The molecule has 108 valence electrons. The minimum atomic E-state index is -4.43. The number of aromatic nitrogens is 1. The van der Waals surface area contributed by atoms with Gasteiger partial charge in [0.1, 0.15) is 11.6 Å². The molecule has 0 fully saturated rings. The van der Waals surface area contributed by atoms with Crippen LogP contribution < -0.4 is 16.6 Å². The maximum Gasteiger partial charge on any atom is 0.416 e. The Morgan fingerprint density at radius 2 is 1.79 bits per heavy atom. The van der Waals surface area contributed by atoms with Crippen LogP contribution in [0.5, 0.6) is 0 Å². The second kappa shape index (κ2) is 5.64. The number of halogens is 3. The Balaban J connectivity index is 2.95. The van der Waals surface area contributed by atoms with Gasteiger partial charge in [-0.25, -0.2) is 10.8 Å². The van der Waals surface area contributed by atoms with Crippen molar-refractivity contribution >= 4 is 11.6 Å². The van der Waals surface area contributed by atoms with Crippen LogP contribution in [0.15, 0.2) is 12.1 Å². The van der Waals surface area contributed by atoms with Crippen molar-refractivity contribution in [2.75, 3.05) is 17.3 Å². The quantitative estimate of drug-likeness (QED) is 0.570. The highest BCUT2D eigenvalue weighted by atomic mass is 19.4. The van der Waals surface area contributed by atoms with Gasteiger partial charge >= 0.3 is 6.18 Å². The first-order valence-electron chi connectivity index (χ1n) is 5.98. The minimum Gasteiger partial charge on any atom is -0.369 e. The lowest BCUT2D eigenvalue weighted by atomic mass is 9.90. The molecule has 0 aliphatic heterocycles. The van der Waals surface area contributed by atoms with Crippen molar-refractivity contribution in [3.05, 3.63) is 17.7 Å². The Kier molecular flexibility index (Phi) is 4.62. The summed E-state index contributed by atoms with van der Waals surface area (Å²) in [6.07, 6.45) is -3.52. The average molecular weight is 276 g/mol. The predicted molar refractivity (Wildman–Crippen MR) is 69.6 cm³/mol. The van der Waals surface area contributed by atoms with Crippen molar-refractivity contribution in [1.82, 2.24) is 4.98 Å². The van der Waals surface area contributed by atoms with E-state index in [0.717, 1.165) is 18.6 Å². The molecule has 19 heavy (non-hydrogen) atoms. The highest BCUT2D eigenvalue weighted by Gasteiger charge is 2.31. The summed E-state index contributed by atoms with van der Waals surface area (Å²) in [4.78, 5) is 3.96. The molecule has 4 N–H and O–H groups in total. The molecular weight excluding hydrogens is 257 g/mol. The SMILES string of the molecule is CCC(C)(C)CNc1cc(C(F)(F)F)cc(NN)n1. The summed E-state index contributed by atoms with van der Waals surface area (Å²) in [7, 11) is 0. The first-order chi connectivity index (χ1) is 8.68. The number of hydrogen-bond acceptors (Lipinski definition) is 4. The summed E-state index contributed by atoms with van der Waals surface area (Å²) < 4.78 is 38.1. The van der Waals surface area contributed by atoms with Gasteiger partial charge in [-0.05, 0) is 24.0 Å². The topological polar surface area (TPSA) is 63.0 Å². The fourth-order valence-electron chi connectivity index (χ4n) is 1.31. The number of nitrogens with one attached hydrogen (secondary N) is 2. The molecule has 1 rings (SSSR count). The number of nitrogens with zero attached hydrogens (tertiary/aromatic N) is 1. The van der Waals surface area contributed by atoms with E-state index in [1.165, 1.54) is 0 Å². The van der Waals surface area contributed by atoms with Gasteiger partial charge in [-0.2, -0.15) is 13.2 Å². The first kappa shape index (κ1) is 15.6. The highest BCUT2D eigenvalue weighted by molar-refractivity contribution is 5.49. The van der Waals surface area contributed by atoms with E-state index >= 15 is 0 Å².